The predicted octanol–water partition coefficient (Wildman–Crippen LogP) is 8.19. The zero-order chi connectivity index (χ0) is 47.6. The number of nitriles is 1. The van der Waals surface area contributed by atoms with Crippen LogP contribution in [-0.4, -0.2) is 94.2 Å². The van der Waals surface area contributed by atoms with Gasteiger partial charge in [0.25, 0.3) is 0 Å². The Morgan fingerprint density at radius 2 is 1.46 bits per heavy atom. The fourth-order valence-electron chi connectivity index (χ4n) is 9.12. The molecule has 0 aliphatic carbocycles. The molecule has 350 valence electrons. The summed E-state index contributed by atoms with van der Waals surface area (Å²) < 4.78 is 41.5. The van der Waals surface area contributed by atoms with Crippen molar-refractivity contribution >= 4 is 15.5 Å². The van der Waals surface area contributed by atoms with Gasteiger partial charge in [-0.05, 0) is 0 Å². The second-order valence-electron chi connectivity index (χ2n) is 18.7. The molecule has 15 nitrogen and oxygen atoms in total. The van der Waals surface area contributed by atoms with E-state index in [9.17, 15) is 24.6 Å². The Labute approximate surface area is 382 Å². The van der Waals surface area contributed by atoms with Gasteiger partial charge in [0.15, 0.2) is 0 Å². The molecule has 2 aromatic heterocycles. The zero-order valence-electron chi connectivity index (χ0n) is 39.2. The summed E-state index contributed by atoms with van der Waals surface area (Å²) in [4.78, 5) is 61.9. The molecule has 0 unspecified atom stereocenters. The third-order valence-corrected chi connectivity index (χ3v) is 22.3. The normalized spacial score (nSPS) is 19.0. The van der Waals surface area contributed by atoms with E-state index in [1.807, 2.05) is 120 Å². The van der Waals surface area contributed by atoms with Crippen LogP contribution >= 0.6 is 7.21 Å². The predicted molar refractivity (Wildman–Crippen MR) is 253 cm³/mol. The Kier molecular flexibility index (Phi) is 14.5. The third kappa shape index (κ3) is 9.52. The standard InChI is InChI=1S/C48H64N5O10PSi/c1-32(2)53(33(3)4)64(56,57,29-15-26-49)42-40(62-45(41(42)63-65(10,11)47(5,6)7)52-30-39(43(54)51-46(52)55)44-50-27-28-60-44)31-61-48(34-16-13-12-14-17-34,35-18-22-37(58-8)23-19-35)36-20-24-38(59-9)25-21-36/h12-14,16-25,27-28,30,32-33,40-42,45,56-57H,15,29,31H2,1-11H3,(H,51,54,55)/t40-,41+,42-,45-/m1/s1. The molecular weight excluding hydrogens is 866 g/mol. The van der Waals surface area contributed by atoms with E-state index >= 15 is 0 Å². The number of hydrogen-bond acceptors (Lipinski definition) is 13. The van der Waals surface area contributed by atoms with Crippen LogP contribution in [0.15, 0.2) is 112 Å². The van der Waals surface area contributed by atoms with Gasteiger partial charge in [-0.15, -0.1) is 0 Å². The van der Waals surface area contributed by atoms with Crippen molar-refractivity contribution in [3.63, 3.8) is 0 Å². The molecule has 65 heavy (non-hydrogen) atoms. The first-order valence-corrected chi connectivity index (χ1v) is 27.1. The summed E-state index contributed by atoms with van der Waals surface area (Å²) in [6.07, 6.45) is -0.346. The summed E-state index contributed by atoms with van der Waals surface area (Å²) in [5, 5.41) is 9.77. The van der Waals surface area contributed by atoms with E-state index in [4.69, 9.17) is 27.8 Å². The molecule has 1 fully saturated rings. The van der Waals surface area contributed by atoms with Crippen LogP contribution in [0.5, 0.6) is 11.5 Å². The van der Waals surface area contributed by atoms with Crippen LogP contribution in [0.25, 0.3) is 11.5 Å². The van der Waals surface area contributed by atoms with E-state index in [0.717, 1.165) is 16.7 Å². The van der Waals surface area contributed by atoms with Crippen molar-refractivity contribution in [1.29, 1.82) is 5.26 Å². The van der Waals surface area contributed by atoms with E-state index in [1.165, 1.54) is 23.2 Å². The minimum absolute atomic E-state index is 0.0355. The molecule has 1 aliphatic rings. The number of nitrogens with one attached hydrogen (secondary N) is 1. The third-order valence-electron chi connectivity index (χ3n) is 12.9. The number of H-pyrrole nitrogens is 1. The van der Waals surface area contributed by atoms with E-state index in [2.05, 4.69) is 36.8 Å². The number of ether oxygens (including phenoxy) is 4. The fraction of sp³-hybridized carbons (Fsp3) is 0.458. The molecule has 0 radical (unpaired) electrons. The zero-order valence-corrected chi connectivity index (χ0v) is 41.1. The molecule has 6 rings (SSSR count). The summed E-state index contributed by atoms with van der Waals surface area (Å²) in [5.41, 5.74) is -2.09. The maximum atomic E-state index is 14.2. The van der Waals surface area contributed by atoms with Gasteiger partial charge in [0, 0.05) is 0 Å². The second kappa shape index (κ2) is 19.1. The molecule has 3 heterocycles. The molecule has 3 N–H and O–H groups in total. The van der Waals surface area contributed by atoms with Gasteiger partial charge in [0.2, 0.25) is 0 Å². The number of aromatic amines is 1. The molecule has 3 aromatic carbocycles. The van der Waals surface area contributed by atoms with Gasteiger partial charge in [-0.1, -0.05) is 0 Å². The number of benzene rings is 3. The second-order valence-corrected chi connectivity index (χ2v) is 27.4. The molecule has 0 saturated carbocycles. The van der Waals surface area contributed by atoms with Gasteiger partial charge in [-0.3, -0.25) is 0 Å². The van der Waals surface area contributed by atoms with Crippen molar-refractivity contribution in [1.82, 2.24) is 19.2 Å². The van der Waals surface area contributed by atoms with Crippen molar-refractivity contribution in [2.24, 2.45) is 0 Å². The van der Waals surface area contributed by atoms with Crippen molar-refractivity contribution in [3.05, 3.63) is 135 Å². The van der Waals surface area contributed by atoms with Crippen LogP contribution in [0.2, 0.25) is 18.1 Å². The average Bonchev–Trinajstić information content (AvgIpc) is 3.92. The molecule has 0 spiro atoms. The number of aromatic nitrogens is 3. The fourth-order valence-corrected chi connectivity index (χ4v) is 15.6. The summed E-state index contributed by atoms with van der Waals surface area (Å²) in [7, 11) is -5.23. The number of hydrogen-bond donors (Lipinski definition) is 3. The molecule has 5 aromatic rings. The van der Waals surface area contributed by atoms with Crippen LogP contribution in [0.1, 0.15) is 77.8 Å². The average molecular weight is 930 g/mol. The Bertz CT molecular complexity index is 2480. The first kappa shape index (κ1) is 49.5. The van der Waals surface area contributed by atoms with E-state index in [-0.39, 0.29) is 30.6 Å². The van der Waals surface area contributed by atoms with Gasteiger partial charge in [0.05, 0.1) is 0 Å². The number of methoxy groups -OCH3 is 2. The number of nitrogens with zero attached hydrogens (tertiary/aromatic N) is 4. The van der Waals surface area contributed by atoms with Gasteiger partial charge in [-0.25, -0.2) is 0 Å². The first-order valence-electron chi connectivity index (χ1n) is 21.9. The molecule has 1 aliphatic heterocycles. The monoisotopic (exact) mass is 929 g/mol. The summed E-state index contributed by atoms with van der Waals surface area (Å²) in [6.45, 7) is 17.5. The van der Waals surface area contributed by atoms with Crippen LogP contribution in [0.3, 0.4) is 0 Å². The molecular formula is C48H64N5O10PSi. The molecule has 4 atom stereocenters. The van der Waals surface area contributed by atoms with E-state index in [1.54, 1.807) is 18.9 Å². The van der Waals surface area contributed by atoms with Crippen molar-refractivity contribution < 1.29 is 37.6 Å². The van der Waals surface area contributed by atoms with Gasteiger partial charge >= 0.3 is 383 Å². The minimum atomic E-state index is -5.49. The summed E-state index contributed by atoms with van der Waals surface area (Å²) >= 11 is 0. The van der Waals surface area contributed by atoms with Gasteiger partial charge in [-0.2, -0.15) is 0 Å². The summed E-state index contributed by atoms with van der Waals surface area (Å²) in [5.74, 6) is 1.23. The maximum absolute atomic E-state index is 14.2. The molecule has 0 bridgehead atoms. The number of rotatable bonds is 18. The molecule has 17 heteroatoms. The molecule has 1 saturated heterocycles. The first-order chi connectivity index (χ1) is 30.6. The topological polar surface area (TPSA) is 195 Å². The van der Waals surface area contributed by atoms with Crippen molar-refractivity contribution in [3.8, 4) is 29.0 Å². The Balaban J connectivity index is 1.67. The Hall–Kier alpha value is -4.95. The van der Waals surface area contributed by atoms with Gasteiger partial charge < -0.3 is 0 Å². The Morgan fingerprint density at radius 3 is 1.94 bits per heavy atom. The van der Waals surface area contributed by atoms with Gasteiger partial charge in [0.1, 0.15) is 0 Å². The van der Waals surface area contributed by atoms with Crippen molar-refractivity contribution in [2.45, 2.75) is 115 Å². The molecule has 0 amide bonds. The van der Waals surface area contributed by atoms with Crippen molar-refractivity contribution in [2.75, 3.05) is 27.0 Å². The quantitative estimate of drug-likeness (QED) is 0.0433. The van der Waals surface area contributed by atoms with Crippen LogP contribution in [0.4, 0.5) is 0 Å². The Morgan fingerprint density at radius 1 is 0.908 bits per heavy atom. The van der Waals surface area contributed by atoms with E-state index < -0.39 is 73.6 Å². The number of oxazole rings is 1. The summed E-state index contributed by atoms with van der Waals surface area (Å²) in [6, 6.07) is 26.0. The van der Waals surface area contributed by atoms with Crippen LogP contribution < -0.4 is 20.7 Å². The van der Waals surface area contributed by atoms with E-state index in [0.29, 0.717) is 11.5 Å². The van der Waals surface area contributed by atoms with Crippen LogP contribution in [0, 0.1) is 11.3 Å². The van der Waals surface area contributed by atoms with Crippen LogP contribution in [-0.2, 0) is 19.5 Å². The SMILES string of the molecule is COc1ccc(C(OC[C@H]2O[C@@H](n3cc(-c4ncco4)c(=O)[nH]c3=O)[C@@H](O[Si](C)(C)C(C)(C)C)[C@@H]2P(O)(O)(CCC#N)N(C(C)C)C(C)C)(c2ccccc2)c2ccc(OC)cc2)cc1.